The molecule has 13 heteroatoms. The fraction of sp³-hybridized carbons (Fsp3) is 0.605. The maximum Gasteiger partial charge on any atom is 0.416 e. The predicted octanol–water partition coefficient (Wildman–Crippen LogP) is 5.78. The minimum Gasteiger partial charge on any atom is -0.379 e. The Morgan fingerprint density at radius 2 is 1.36 bits per heavy atom. The van der Waals surface area contributed by atoms with E-state index in [2.05, 4.69) is 10.6 Å². The van der Waals surface area contributed by atoms with Crippen LogP contribution >= 0.6 is 0 Å². The van der Waals surface area contributed by atoms with E-state index < -0.39 is 58.9 Å². The quantitative estimate of drug-likeness (QED) is 0.144. The summed E-state index contributed by atoms with van der Waals surface area (Å²) in [5.41, 5.74) is -0.448. The van der Waals surface area contributed by atoms with Crippen LogP contribution in [0.3, 0.4) is 0 Å². The molecular weight excluding hydrogens is 727 g/mol. The van der Waals surface area contributed by atoms with E-state index in [4.69, 9.17) is 9.47 Å². The van der Waals surface area contributed by atoms with E-state index in [9.17, 15) is 37.1 Å². The lowest BCUT2D eigenvalue weighted by atomic mass is 9.87. The number of alkyl halides is 3. The average Bonchev–Trinajstić information content (AvgIpc) is 3.90. The molecule has 56 heavy (non-hydrogen) atoms. The van der Waals surface area contributed by atoms with E-state index in [1.165, 1.54) is 12.1 Å². The van der Waals surface area contributed by atoms with Crippen LogP contribution in [-0.2, 0) is 52.5 Å². The first-order valence-corrected chi connectivity index (χ1v) is 19.8. The number of benzene rings is 2. The van der Waals surface area contributed by atoms with E-state index in [1.807, 2.05) is 62.9 Å². The van der Waals surface area contributed by atoms with Crippen LogP contribution in [0, 0.1) is 23.7 Å². The molecule has 5 atom stereocenters. The second-order valence-electron chi connectivity index (χ2n) is 16.4. The second kappa shape index (κ2) is 20.5. The molecule has 2 aromatic carbocycles. The van der Waals surface area contributed by atoms with Crippen molar-refractivity contribution in [3.63, 3.8) is 0 Å². The number of amides is 2. The zero-order valence-corrected chi connectivity index (χ0v) is 33.3. The van der Waals surface area contributed by atoms with Gasteiger partial charge < -0.3 is 20.1 Å². The SMILES string of the molecule is CC(C)C[C@H](NC(=O)[C@H](CCc1ccccc1)CC(=O)CN1CCOCC1)C(=O)C[C@@H](Cc1ccc(C(F)(F)F)cc1)C(=O)N[C@@H](CC(C)C)C(=O)[C@@]1(C)CO1. The minimum absolute atomic E-state index is 0.00846. The predicted molar refractivity (Wildman–Crippen MR) is 206 cm³/mol. The van der Waals surface area contributed by atoms with E-state index in [0.717, 1.165) is 17.7 Å². The monoisotopic (exact) mass is 785 g/mol. The molecule has 0 unspecified atom stereocenters. The van der Waals surface area contributed by atoms with Crippen molar-refractivity contribution in [3.05, 3.63) is 71.3 Å². The van der Waals surface area contributed by atoms with Gasteiger partial charge in [-0.15, -0.1) is 0 Å². The standard InChI is InChI=1S/C43H58F3N3O7/c1-28(2)21-36(47-40(53)32(14-11-30-9-7-6-8-10-30)24-35(50)26-49-17-19-55-20-18-49)38(51)25-33(23-31-12-15-34(16-13-31)43(44,45)46)41(54)48-37(22-29(3)4)39(52)42(5)27-56-42/h6-10,12-13,15-16,28-29,32-33,36-37H,11,14,17-27H2,1-5H3,(H,47,53)(H,48,54)/t32-,33-,36+,37+,42-/m1/s1. The van der Waals surface area contributed by atoms with Gasteiger partial charge >= 0.3 is 6.18 Å². The lowest BCUT2D eigenvalue weighted by molar-refractivity contribution is -0.137. The average molecular weight is 786 g/mol. The van der Waals surface area contributed by atoms with Crippen LogP contribution in [0.2, 0.25) is 0 Å². The lowest BCUT2D eigenvalue weighted by Gasteiger charge is -2.28. The van der Waals surface area contributed by atoms with Gasteiger partial charge in [0.1, 0.15) is 11.4 Å². The number of nitrogens with zero attached hydrogens (tertiary/aromatic N) is 1. The summed E-state index contributed by atoms with van der Waals surface area (Å²) in [6, 6.07) is 12.1. The highest BCUT2D eigenvalue weighted by molar-refractivity contribution is 5.98. The Balaban J connectivity index is 1.56. The molecule has 2 amide bonds. The highest BCUT2D eigenvalue weighted by Gasteiger charge is 2.50. The normalized spacial score (nSPS) is 19.5. The molecule has 0 radical (unpaired) electrons. The van der Waals surface area contributed by atoms with Gasteiger partial charge in [-0.25, -0.2) is 0 Å². The third kappa shape index (κ3) is 14.2. The van der Waals surface area contributed by atoms with Gasteiger partial charge in [-0.1, -0.05) is 70.2 Å². The van der Waals surface area contributed by atoms with Crippen LogP contribution in [0.15, 0.2) is 54.6 Å². The Kier molecular flexibility index (Phi) is 16.4. The molecule has 2 aromatic rings. The zero-order chi connectivity index (χ0) is 41.0. The molecule has 10 nitrogen and oxygen atoms in total. The van der Waals surface area contributed by atoms with Crippen molar-refractivity contribution >= 4 is 29.2 Å². The van der Waals surface area contributed by atoms with Gasteiger partial charge in [0.05, 0.1) is 44.0 Å². The smallest absolute Gasteiger partial charge is 0.379 e. The number of hydrogen-bond donors (Lipinski definition) is 2. The Labute approximate surface area is 328 Å². The molecule has 2 N–H and O–H groups in total. The second-order valence-corrected chi connectivity index (χ2v) is 16.4. The summed E-state index contributed by atoms with van der Waals surface area (Å²) in [6.45, 7) is 12.0. The topological polar surface area (TPSA) is 134 Å². The first kappa shape index (κ1) is 44.8. The number of ether oxygens (including phenoxy) is 2. The molecule has 0 aliphatic carbocycles. The number of rotatable bonds is 22. The summed E-state index contributed by atoms with van der Waals surface area (Å²) in [4.78, 5) is 71.1. The van der Waals surface area contributed by atoms with Crippen molar-refractivity contribution in [3.8, 4) is 0 Å². The Bertz CT molecular complexity index is 1620. The van der Waals surface area contributed by atoms with Crippen molar-refractivity contribution in [1.82, 2.24) is 15.5 Å². The number of Topliss-reactive ketones (excluding diaryl/α,β-unsaturated/α-hetero) is 3. The van der Waals surface area contributed by atoms with Gasteiger partial charge in [0.25, 0.3) is 0 Å². The number of carbonyl (C=O) groups is 5. The van der Waals surface area contributed by atoms with Gasteiger partial charge in [-0.2, -0.15) is 13.2 Å². The number of hydrogen-bond acceptors (Lipinski definition) is 8. The van der Waals surface area contributed by atoms with Crippen molar-refractivity contribution in [2.45, 2.75) is 103 Å². The molecule has 2 saturated heterocycles. The molecule has 2 fully saturated rings. The van der Waals surface area contributed by atoms with Crippen LogP contribution in [0.25, 0.3) is 0 Å². The van der Waals surface area contributed by atoms with Gasteiger partial charge in [-0.3, -0.25) is 28.9 Å². The summed E-state index contributed by atoms with van der Waals surface area (Å²) in [7, 11) is 0. The van der Waals surface area contributed by atoms with Crippen LogP contribution in [0.5, 0.6) is 0 Å². The molecule has 0 aromatic heterocycles. The molecule has 0 spiro atoms. The highest BCUT2D eigenvalue weighted by atomic mass is 19.4. The maximum absolute atomic E-state index is 14.2. The number of ketones is 3. The highest BCUT2D eigenvalue weighted by Crippen LogP contribution is 2.31. The molecule has 308 valence electrons. The molecular formula is C43H58F3N3O7. The van der Waals surface area contributed by atoms with Crippen molar-refractivity contribution in [2.24, 2.45) is 23.7 Å². The first-order valence-electron chi connectivity index (χ1n) is 19.8. The van der Waals surface area contributed by atoms with Crippen LogP contribution in [0.1, 0.15) is 83.4 Å². The largest absolute Gasteiger partial charge is 0.416 e. The summed E-state index contributed by atoms with van der Waals surface area (Å²) in [5.74, 6) is -3.61. The maximum atomic E-state index is 14.2. The fourth-order valence-corrected chi connectivity index (χ4v) is 7.06. The minimum atomic E-state index is -4.55. The van der Waals surface area contributed by atoms with Crippen molar-refractivity contribution < 1.29 is 46.6 Å². The van der Waals surface area contributed by atoms with E-state index in [1.54, 1.807) is 6.92 Å². The van der Waals surface area contributed by atoms with Gasteiger partial charge in [0.15, 0.2) is 11.6 Å². The summed E-state index contributed by atoms with van der Waals surface area (Å²) >= 11 is 0. The Morgan fingerprint density at radius 3 is 1.93 bits per heavy atom. The molecule has 2 aliphatic heterocycles. The van der Waals surface area contributed by atoms with Crippen molar-refractivity contribution in [2.75, 3.05) is 39.5 Å². The van der Waals surface area contributed by atoms with E-state index in [0.29, 0.717) is 51.1 Å². The van der Waals surface area contributed by atoms with Gasteiger partial charge in [-0.05, 0) is 74.1 Å². The van der Waals surface area contributed by atoms with Crippen LogP contribution < -0.4 is 10.6 Å². The summed E-state index contributed by atoms with van der Waals surface area (Å²) in [6.07, 6.45) is -3.48. The molecule has 0 saturated carbocycles. The molecule has 0 bridgehead atoms. The number of nitrogens with one attached hydrogen (secondary N) is 2. The first-order chi connectivity index (χ1) is 26.4. The van der Waals surface area contributed by atoms with Gasteiger partial charge in [0, 0.05) is 37.8 Å². The number of morpholine rings is 1. The summed E-state index contributed by atoms with van der Waals surface area (Å²) in [5, 5.41) is 5.78. The van der Waals surface area contributed by atoms with Crippen LogP contribution in [0.4, 0.5) is 13.2 Å². The molecule has 4 rings (SSSR count). The summed E-state index contributed by atoms with van der Waals surface area (Å²) < 4.78 is 50.9. The zero-order valence-electron chi connectivity index (χ0n) is 33.3. The number of halogens is 3. The van der Waals surface area contributed by atoms with Crippen molar-refractivity contribution in [1.29, 1.82) is 0 Å². The number of epoxide rings is 1. The third-order valence-electron chi connectivity index (χ3n) is 10.4. The molecule has 2 heterocycles. The lowest BCUT2D eigenvalue weighted by Crippen LogP contribution is -2.50. The van der Waals surface area contributed by atoms with Gasteiger partial charge in [0.2, 0.25) is 11.8 Å². The van der Waals surface area contributed by atoms with E-state index in [-0.39, 0.29) is 62.2 Å². The molecule has 2 aliphatic rings. The van der Waals surface area contributed by atoms with Crippen LogP contribution in [-0.4, -0.2) is 91.2 Å². The fourth-order valence-electron chi connectivity index (χ4n) is 7.06. The Morgan fingerprint density at radius 1 is 0.786 bits per heavy atom. The van der Waals surface area contributed by atoms with E-state index >= 15 is 0 Å². The number of carbonyl (C=O) groups excluding carboxylic acids is 5. The third-order valence-corrected chi connectivity index (χ3v) is 10.4. The number of aryl methyl sites for hydroxylation is 1. The Hall–Kier alpha value is -3.94.